The van der Waals surface area contributed by atoms with Crippen molar-refractivity contribution in [2.24, 2.45) is 0 Å². The number of hydrogen-bond donors (Lipinski definition) is 1. The number of nitriles is 1. The highest BCUT2D eigenvalue weighted by Gasteiger charge is 2.13. The molecular formula is C17H18N2O2S. The molecule has 22 heavy (non-hydrogen) atoms. The molecular weight excluding hydrogens is 296 g/mol. The zero-order valence-corrected chi connectivity index (χ0v) is 13.7. The molecule has 0 fully saturated rings. The first kappa shape index (κ1) is 16.1. The van der Waals surface area contributed by atoms with Crippen molar-refractivity contribution in [1.82, 2.24) is 0 Å². The summed E-state index contributed by atoms with van der Waals surface area (Å²) < 4.78 is 27.1. The highest BCUT2D eigenvalue weighted by atomic mass is 32.2. The third-order valence-electron chi connectivity index (χ3n) is 3.40. The van der Waals surface area contributed by atoms with Crippen LogP contribution in [0, 0.1) is 32.1 Å². The minimum absolute atomic E-state index is 0.0780. The second-order valence-electron chi connectivity index (χ2n) is 5.44. The Hall–Kier alpha value is -2.32. The first-order chi connectivity index (χ1) is 10.3. The van der Waals surface area contributed by atoms with Gasteiger partial charge in [0.25, 0.3) is 0 Å². The molecule has 0 aromatic heterocycles. The van der Waals surface area contributed by atoms with Crippen LogP contribution in [0.2, 0.25) is 0 Å². The van der Waals surface area contributed by atoms with Gasteiger partial charge in [-0.1, -0.05) is 29.8 Å². The maximum Gasteiger partial charge on any atom is 0.236 e. The van der Waals surface area contributed by atoms with Crippen molar-refractivity contribution in [1.29, 1.82) is 5.26 Å². The Kier molecular flexibility index (Phi) is 4.53. The van der Waals surface area contributed by atoms with E-state index < -0.39 is 10.0 Å². The SMILES string of the molecule is Cc1ccc(CS(=O)(=O)Nc2cc(C)c(C#N)c(C)c2)cc1. The van der Waals surface area contributed by atoms with E-state index >= 15 is 0 Å². The van der Waals surface area contributed by atoms with E-state index in [1.54, 1.807) is 26.0 Å². The second-order valence-corrected chi connectivity index (χ2v) is 7.17. The number of hydrogen-bond acceptors (Lipinski definition) is 3. The van der Waals surface area contributed by atoms with Crippen LogP contribution in [-0.4, -0.2) is 8.42 Å². The number of aryl methyl sites for hydroxylation is 3. The van der Waals surface area contributed by atoms with Crippen molar-refractivity contribution in [2.45, 2.75) is 26.5 Å². The molecule has 0 radical (unpaired) electrons. The van der Waals surface area contributed by atoms with E-state index in [1.165, 1.54) is 0 Å². The van der Waals surface area contributed by atoms with Gasteiger partial charge in [-0.05, 0) is 49.6 Å². The van der Waals surface area contributed by atoms with E-state index in [0.717, 1.165) is 22.3 Å². The molecule has 0 aliphatic carbocycles. The second kappa shape index (κ2) is 6.20. The topological polar surface area (TPSA) is 70.0 Å². The van der Waals surface area contributed by atoms with Gasteiger partial charge in [-0.25, -0.2) is 8.42 Å². The Balaban J connectivity index is 2.22. The lowest BCUT2D eigenvalue weighted by Crippen LogP contribution is -2.15. The molecule has 2 aromatic rings. The summed E-state index contributed by atoms with van der Waals surface area (Å²) in [5.41, 5.74) is 4.42. The van der Waals surface area contributed by atoms with Crippen LogP contribution in [0.15, 0.2) is 36.4 Å². The first-order valence-electron chi connectivity index (χ1n) is 6.88. The van der Waals surface area contributed by atoms with Crippen LogP contribution in [0.4, 0.5) is 5.69 Å². The molecule has 0 atom stereocenters. The monoisotopic (exact) mass is 314 g/mol. The van der Waals surface area contributed by atoms with E-state index in [2.05, 4.69) is 10.8 Å². The molecule has 0 aliphatic heterocycles. The Bertz CT molecular complexity index is 809. The smallest absolute Gasteiger partial charge is 0.236 e. The molecule has 2 aromatic carbocycles. The molecule has 1 N–H and O–H groups in total. The molecule has 0 aliphatic rings. The molecule has 0 bridgehead atoms. The van der Waals surface area contributed by atoms with Crippen LogP contribution in [0.1, 0.15) is 27.8 Å². The van der Waals surface area contributed by atoms with Gasteiger partial charge >= 0.3 is 0 Å². The molecule has 0 spiro atoms. The highest BCUT2D eigenvalue weighted by molar-refractivity contribution is 7.91. The number of benzene rings is 2. The Labute approximate surface area is 131 Å². The average molecular weight is 314 g/mol. The van der Waals surface area contributed by atoms with E-state index in [4.69, 9.17) is 5.26 Å². The Morgan fingerprint density at radius 3 is 2.09 bits per heavy atom. The summed E-state index contributed by atoms with van der Waals surface area (Å²) in [5.74, 6) is -0.0780. The maximum atomic E-state index is 12.3. The predicted octanol–water partition coefficient (Wildman–Crippen LogP) is 3.43. The van der Waals surface area contributed by atoms with Crippen LogP contribution < -0.4 is 4.72 Å². The average Bonchev–Trinajstić information content (AvgIpc) is 2.40. The van der Waals surface area contributed by atoms with E-state index in [0.29, 0.717) is 11.3 Å². The standard InChI is InChI=1S/C17H18N2O2S/c1-12-4-6-15(7-5-12)11-22(20,21)19-16-8-13(2)17(10-18)14(3)9-16/h4-9,19H,11H2,1-3H3. The summed E-state index contributed by atoms with van der Waals surface area (Å²) in [5, 5.41) is 9.05. The first-order valence-corrected chi connectivity index (χ1v) is 8.53. The third kappa shape index (κ3) is 3.86. The van der Waals surface area contributed by atoms with Crippen molar-refractivity contribution >= 4 is 15.7 Å². The molecule has 0 amide bonds. The lowest BCUT2D eigenvalue weighted by molar-refractivity contribution is 0.600. The lowest BCUT2D eigenvalue weighted by Gasteiger charge is -2.11. The summed E-state index contributed by atoms with van der Waals surface area (Å²) >= 11 is 0. The van der Waals surface area contributed by atoms with Crippen LogP contribution >= 0.6 is 0 Å². The van der Waals surface area contributed by atoms with Crippen molar-refractivity contribution in [3.63, 3.8) is 0 Å². The summed E-state index contributed by atoms with van der Waals surface area (Å²) in [6, 6.07) is 12.9. The van der Waals surface area contributed by atoms with Crippen molar-refractivity contribution < 1.29 is 8.42 Å². The number of anilines is 1. The minimum atomic E-state index is -3.49. The fraction of sp³-hybridized carbons (Fsp3) is 0.235. The van der Waals surface area contributed by atoms with Gasteiger partial charge < -0.3 is 0 Å². The van der Waals surface area contributed by atoms with Gasteiger partial charge in [-0.2, -0.15) is 5.26 Å². The van der Waals surface area contributed by atoms with Crippen LogP contribution in [0.25, 0.3) is 0 Å². The molecule has 0 unspecified atom stereocenters. The molecule has 4 nitrogen and oxygen atoms in total. The maximum absolute atomic E-state index is 12.3. The van der Waals surface area contributed by atoms with Gasteiger partial charge in [-0.15, -0.1) is 0 Å². The van der Waals surface area contributed by atoms with Gasteiger partial charge in [-0.3, -0.25) is 4.72 Å². The van der Waals surface area contributed by atoms with Crippen LogP contribution in [-0.2, 0) is 15.8 Å². The van der Waals surface area contributed by atoms with Gasteiger partial charge in [0.15, 0.2) is 0 Å². The third-order valence-corrected chi connectivity index (χ3v) is 4.66. The molecule has 0 heterocycles. The van der Waals surface area contributed by atoms with Gasteiger partial charge in [0.1, 0.15) is 0 Å². The van der Waals surface area contributed by atoms with Gasteiger partial charge in [0.05, 0.1) is 17.4 Å². The van der Waals surface area contributed by atoms with Gasteiger partial charge in [0.2, 0.25) is 10.0 Å². The fourth-order valence-corrected chi connectivity index (χ4v) is 3.50. The van der Waals surface area contributed by atoms with E-state index in [-0.39, 0.29) is 5.75 Å². The molecule has 114 valence electrons. The normalized spacial score (nSPS) is 11.0. The quantitative estimate of drug-likeness (QED) is 0.940. The largest absolute Gasteiger partial charge is 0.283 e. The lowest BCUT2D eigenvalue weighted by atomic mass is 10.0. The van der Waals surface area contributed by atoms with Crippen molar-refractivity contribution in [3.8, 4) is 6.07 Å². The summed E-state index contributed by atoms with van der Waals surface area (Å²) in [6.45, 7) is 5.55. The van der Waals surface area contributed by atoms with Crippen LogP contribution in [0.3, 0.4) is 0 Å². The zero-order chi connectivity index (χ0) is 16.3. The fourth-order valence-electron chi connectivity index (χ4n) is 2.32. The number of sulfonamides is 1. The number of nitrogens with one attached hydrogen (secondary N) is 1. The van der Waals surface area contributed by atoms with Crippen molar-refractivity contribution in [2.75, 3.05) is 4.72 Å². The van der Waals surface area contributed by atoms with Gasteiger partial charge in [0, 0.05) is 5.69 Å². The van der Waals surface area contributed by atoms with E-state index in [1.807, 2.05) is 31.2 Å². The molecule has 0 saturated carbocycles. The summed E-state index contributed by atoms with van der Waals surface area (Å²) in [6.07, 6.45) is 0. The Morgan fingerprint density at radius 1 is 1.05 bits per heavy atom. The molecule has 0 saturated heterocycles. The zero-order valence-electron chi connectivity index (χ0n) is 12.8. The number of nitrogens with zero attached hydrogens (tertiary/aromatic N) is 1. The van der Waals surface area contributed by atoms with Crippen molar-refractivity contribution in [3.05, 3.63) is 64.2 Å². The summed E-state index contributed by atoms with van der Waals surface area (Å²) in [7, 11) is -3.49. The Morgan fingerprint density at radius 2 is 1.59 bits per heavy atom. The van der Waals surface area contributed by atoms with Crippen LogP contribution in [0.5, 0.6) is 0 Å². The predicted molar refractivity (Wildman–Crippen MR) is 88.1 cm³/mol. The molecule has 5 heteroatoms. The summed E-state index contributed by atoms with van der Waals surface area (Å²) in [4.78, 5) is 0. The highest BCUT2D eigenvalue weighted by Crippen LogP contribution is 2.21. The molecule has 2 rings (SSSR count). The number of rotatable bonds is 4. The minimum Gasteiger partial charge on any atom is -0.283 e. The van der Waals surface area contributed by atoms with E-state index in [9.17, 15) is 8.42 Å².